The second-order valence-corrected chi connectivity index (χ2v) is 8.73. The van der Waals surface area contributed by atoms with Crippen molar-refractivity contribution in [2.45, 2.75) is 44.0 Å². The van der Waals surface area contributed by atoms with Crippen LogP contribution in [-0.2, 0) is 6.18 Å². The standard InChI is InChI=1S/C24H27F3N4O4/c25-24(26,27)17-2-4-19(5-3-17)30-13-9-20(10-14-30)35-21-6-1-16(15-28-21)22(32)29-18-7-11-31(12-8-18)23(33)34/h1-6,15,18,20H,7-14H2,(H,29,32)(H,33,34)/p-1. The molecular formula is C24H26F3N4O4-. The molecule has 0 bridgehead atoms. The number of benzene rings is 1. The highest BCUT2D eigenvalue weighted by molar-refractivity contribution is 5.94. The third kappa shape index (κ3) is 6.34. The minimum absolute atomic E-state index is 0.0817. The van der Waals surface area contributed by atoms with Crippen molar-refractivity contribution in [3.8, 4) is 5.88 Å². The summed E-state index contributed by atoms with van der Waals surface area (Å²) in [6, 6.07) is 8.32. The minimum Gasteiger partial charge on any atom is -0.530 e. The number of hydrogen-bond donors (Lipinski definition) is 1. The van der Waals surface area contributed by atoms with Crippen LogP contribution in [0.1, 0.15) is 41.6 Å². The molecule has 2 saturated heterocycles. The first kappa shape index (κ1) is 24.6. The maximum atomic E-state index is 12.8. The molecule has 8 nitrogen and oxygen atoms in total. The minimum atomic E-state index is -4.35. The molecule has 35 heavy (non-hydrogen) atoms. The lowest BCUT2D eigenvalue weighted by Gasteiger charge is -2.34. The van der Waals surface area contributed by atoms with E-state index in [1.165, 1.54) is 23.2 Å². The number of carbonyl (C=O) groups is 2. The van der Waals surface area contributed by atoms with E-state index in [1.807, 2.05) is 4.90 Å². The summed E-state index contributed by atoms with van der Waals surface area (Å²) >= 11 is 0. The third-order valence-electron chi connectivity index (χ3n) is 6.38. The first-order valence-electron chi connectivity index (χ1n) is 11.5. The Labute approximate surface area is 200 Å². The Bertz CT molecular complexity index is 1010. The number of halogens is 3. The number of anilines is 1. The van der Waals surface area contributed by atoms with E-state index in [9.17, 15) is 27.9 Å². The smallest absolute Gasteiger partial charge is 0.416 e. The van der Waals surface area contributed by atoms with E-state index < -0.39 is 17.8 Å². The fourth-order valence-corrected chi connectivity index (χ4v) is 4.32. The molecular weight excluding hydrogens is 465 g/mol. The maximum Gasteiger partial charge on any atom is 0.416 e. The van der Waals surface area contributed by atoms with Crippen LogP contribution in [0, 0.1) is 0 Å². The molecule has 4 rings (SSSR count). The Balaban J connectivity index is 1.23. The first-order valence-corrected chi connectivity index (χ1v) is 11.5. The lowest BCUT2D eigenvalue weighted by molar-refractivity contribution is -0.266. The fourth-order valence-electron chi connectivity index (χ4n) is 4.32. The molecule has 2 fully saturated rings. The lowest BCUT2D eigenvalue weighted by atomic mass is 10.0. The van der Waals surface area contributed by atoms with Crippen LogP contribution < -0.4 is 20.1 Å². The number of pyridine rings is 1. The largest absolute Gasteiger partial charge is 0.530 e. The van der Waals surface area contributed by atoms with Crippen molar-refractivity contribution in [1.82, 2.24) is 15.2 Å². The molecule has 11 heteroatoms. The molecule has 2 aliphatic heterocycles. The van der Waals surface area contributed by atoms with Crippen LogP contribution in [-0.4, -0.2) is 60.2 Å². The van der Waals surface area contributed by atoms with Gasteiger partial charge in [-0.2, -0.15) is 13.2 Å². The Kier molecular flexibility index (Phi) is 7.32. The number of alkyl halides is 3. The molecule has 1 aromatic carbocycles. The molecule has 0 aliphatic carbocycles. The van der Waals surface area contributed by atoms with Gasteiger partial charge in [-0.25, -0.2) is 4.98 Å². The number of nitrogens with zero attached hydrogens (tertiary/aromatic N) is 3. The Morgan fingerprint density at radius 3 is 2.17 bits per heavy atom. The number of nitrogens with one attached hydrogen (secondary N) is 1. The van der Waals surface area contributed by atoms with Gasteiger partial charge in [0.2, 0.25) is 5.88 Å². The molecule has 0 atom stereocenters. The zero-order valence-electron chi connectivity index (χ0n) is 19.0. The normalized spacial score (nSPS) is 17.8. The van der Waals surface area contributed by atoms with E-state index in [0.717, 1.165) is 17.8 Å². The third-order valence-corrected chi connectivity index (χ3v) is 6.38. The zero-order valence-corrected chi connectivity index (χ0v) is 19.0. The van der Waals surface area contributed by atoms with Crippen molar-refractivity contribution < 1.29 is 32.6 Å². The number of rotatable bonds is 5. The number of aromatic nitrogens is 1. The lowest BCUT2D eigenvalue weighted by Crippen LogP contribution is -2.50. The highest BCUT2D eigenvalue weighted by atomic mass is 19.4. The summed E-state index contributed by atoms with van der Waals surface area (Å²) in [4.78, 5) is 30.8. The summed E-state index contributed by atoms with van der Waals surface area (Å²) in [5, 5.41) is 13.8. The van der Waals surface area contributed by atoms with Crippen LogP contribution in [0.2, 0.25) is 0 Å². The second kappa shape index (κ2) is 10.4. The van der Waals surface area contributed by atoms with Gasteiger partial charge in [0.25, 0.3) is 5.91 Å². The number of carboxylic acid groups (broad SMARTS) is 1. The molecule has 1 aromatic heterocycles. The van der Waals surface area contributed by atoms with Gasteiger partial charge in [-0.15, -0.1) is 0 Å². The molecule has 188 valence electrons. The monoisotopic (exact) mass is 491 g/mol. The average molecular weight is 491 g/mol. The van der Waals surface area contributed by atoms with Crippen LogP contribution in [0.5, 0.6) is 5.88 Å². The molecule has 0 radical (unpaired) electrons. The van der Waals surface area contributed by atoms with E-state index in [0.29, 0.717) is 63.3 Å². The maximum absolute atomic E-state index is 12.8. The van der Waals surface area contributed by atoms with Crippen LogP contribution >= 0.6 is 0 Å². The Morgan fingerprint density at radius 1 is 0.971 bits per heavy atom. The van der Waals surface area contributed by atoms with Crippen LogP contribution in [0.15, 0.2) is 42.6 Å². The molecule has 0 saturated carbocycles. The molecule has 3 heterocycles. The molecule has 2 aliphatic rings. The van der Waals surface area contributed by atoms with Gasteiger partial charge in [0, 0.05) is 63.0 Å². The molecule has 0 unspecified atom stereocenters. The number of hydrogen-bond acceptors (Lipinski definition) is 6. The number of ether oxygens (including phenoxy) is 1. The number of piperidine rings is 2. The predicted octanol–water partition coefficient (Wildman–Crippen LogP) is 2.69. The van der Waals surface area contributed by atoms with Gasteiger partial charge in [-0.1, -0.05) is 0 Å². The summed E-state index contributed by atoms with van der Waals surface area (Å²) in [5.41, 5.74) is 0.468. The fraction of sp³-hybridized carbons (Fsp3) is 0.458. The summed E-state index contributed by atoms with van der Waals surface area (Å²) in [6.07, 6.45) is -1.75. The van der Waals surface area contributed by atoms with Gasteiger partial charge < -0.3 is 29.8 Å². The summed E-state index contributed by atoms with van der Waals surface area (Å²) in [6.45, 7) is 1.95. The van der Waals surface area contributed by atoms with Gasteiger partial charge in [0.15, 0.2) is 0 Å². The highest BCUT2D eigenvalue weighted by Crippen LogP contribution is 2.31. The van der Waals surface area contributed by atoms with Gasteiger partial charge in [0.1, 0.15) is 12.2 Å². The van der Waals surface area contributed by atoms with Crippen molar-refractivity contribution in [3.63, 3.8) is 0 Å². The number of likely N-dealkylation sites (tertiary alicyclic amines) is 1. The van der Waals surface area contributed by atoms with Crippen molar-refractivity contribution >= 4 is 17.7 Å². The second-order valence-electron chi connectivity index (χ2n) is 8.73. The topological polar surface area (TPSA) is 97.8 Å². The van der Waals surface area contributed by atoms with Crippen molar-refractivity contribution in [1.29, 1.82) is 0 Å². The van der Waals surface area contributed by atoms with Crippen LogP contribution in [0.4, 0.5) is 23.7 Å². The quantitative estimate of drug-likeness (QED) is 0.691. The van der Waals surface area contributed by atoms with Gasteiger partial charge >= 0.3 is 6.18 Å². The van der Waals surface area contributed by atoms with Crippen LogP contribution in [0.25, 0.3) is 0 Å². The SMILES string of the molecule is O=C(NC1CCN(C(=O)[O-])CC1)c1ccc(OC2CCN(c3ccc(C(F)(F)F)cc3)CC2)nc1. The van der Waals surface area contributed by atoms with Crippen LogP contribution in [0.3, 0.4) is 0 Å². The van der Waals surface area contributed by atoms with E-state index in [4.69, 9.17) is 4.74 Å². The average Bonchev–Trinajstić information content (AvgIpc) is 2.85. The van der Waals surface area contributed by atoms with Crippen molar-refractivity contribution in [2.75, 3.05) is 31.1 Å². The summed E-state index contributed by atoms with van der Waals surface area (Å²) in [7, 11) is 0. The first-order chi connectivity index (χ1) is 16.7. The van der Waals surface area contributed by atoms with Gasteiger partial charge in [0.05, 0.1) is 11.1 Å². The molecule has 2 aromatic rings. The summed E-state index contributed by atoms with van der Waals surface area (Å²) in [5.74, 6) is 0.123. The number of carbonyl (C=O) groups excluding carboxylic acids is 2. The summed E-state index contributed by atoms with van der Waals surface area (Å²) < 4.78 is 44.2. The van der Waals surface area contributed by atoms with Gasteiger partial charge in [-0.05, 0) is 43.2 Å². The number of amides is 2. The molecule has 0 spiro atoms. The van der Waals surface area contributed by atoms with E-state index in [2.05, 4.69) is 10.3 Å². The van der Waals surface area contributed by atoms with E-state index >= 15 is 0 Å². The van der Waals surface area contributed by atoms with Gasteiger partial charge in [-0.3, -0.25) is 4.79 Å². The zero-order chi connectivity index (χ0) is 25.0. The van der Waals surface area contributed by atoms with Crippen molar-refractivity contribution in [3.05, 3.63) is 53.7 Å². The molecule has 1 N–H and O–H groups in total. The van der Waals surface area contributed by atoms with E-state index in [1.54, 1.807) is 12.1 Å². The Hall–Kier alpha value is -3.50. The molecule has 2 amide bonds. The van der Waals surface area contributed by atoms with Crippen molar-refractivity contribution in [2.24, 2.45) is 0 Å². The predicted molar refractivity (Wildman–Crippen MR) is 119 cm³/mol. The highest BCUT2D eigenvalue weighted by Gasteiger charge is 2.30. The Morgan fingerprint density at radius 2 is 1.63 bits per heavy atom. The van der Waals surface area contributed by atoms with E-state index in [-0.39, 0.29) is 18.1 Å².